The van der Waals surface area contributed by atoms with Crippen LogP contribution < -0.4 is 5.73 Å². The molecule has 0 radical (unpaired) electrons. The van der Waals surface area contributed by atoms with Crippen molar-refractivity contribution in [2.75, 3.05) is 39.4 Å². The Morgan fingerprint density at radius 2 is 1.92 bits per heavy atom. The normalized spacial score (nSPS) is 22.1. The average Bonchev–Trinajstić information content (AvgIpc) is 3.12. The Kier molecular flexibility index (Phi) is 5.79. The smallest absolute Gasteiger partial charge is 0.265 e. The molecule has 1 atom stereocenters. The summed E-state index contributed by atoms with van der Waals surface area (Å²) in [5, 5.41) is 1.68. The predicted octanol–water partition coefficient (Wildman–Crippen LogP) is 0.968. The second kappa shape index (κ2) is 7.71. The van der Waals surface area contributed by atoms with Crippen LogP contribution in [0, 0.1) is 5.92 Å². The zero-order chi connectivity index (χ0) is 18.0. The van der Waals surface area contributed by atoms with E-state index in [2.05, 4.69) is 0 Å². The molecule has 3 heterocycles. The van der Waals surface area contributed by atoms with Crippen LogP contribution >= 0.6 is 11.3 Å². The number of thiophene rings is 1. The topological polar surface area (TPSA) is 92.9 Å². The second-order valence-electron chi connectivity index (χ2n) is 6.62. The first-order chi connectivity index (χ1) is 11.9. The maximum atomic E-state index is 12.9. The molecule has 2 fully saturated rings. The first-order valence-electron chi connectivity index (χ1n) is 8.61. The SMILES string of the molecule is CC(N)C1CCN(C(=O)c2sccc2S(=O)(=O)N2CCOCC2)CC1. The third-order valence-electron chi connectivity index (χ3n) is 4.98. The molecule has 140 valence electrons. The van der Waals surface area contributed by atoms with Gasteiger partial charge in [-0.3, -0.25) is 4.79 Å². The molecule has 0 aliphatic carbocycles. The monoisotopic (exact) mass is 387 g/mol. The lowest BCUT2D eigenvalue weighted by atomic mass is 9.91. The fourth-order valence-corrected chi connectivity index (χ4v) is 6.12. The molecular weight excluding hydrogens is 362 g/mol. The van der Waals surface area contributed by atoms with Crippen LogP contribution in [0.5, 0.6) is 0 Å². The van der Waals surface area contributed by atoms with E-state index in [1.165, 1.54) is 21.7 Å². The van der Waals surface area contributed by atoms with Crippen LogP contribution in [0.2, 0.25) is 0 Å². The molecule has 3 rings (SSSR count). The molecule has 2 N–H and O–H groups in total. The number of amides is 1. The summed E-state index contributed by atoms with van der Waals surface area (Å²) in [4.78, 5) is 15.1. The van der Waals surface area contributed by atoms with E-state index in [0.717, 1.165) is 12.8 Å². The molecule has 2 aliphatic rings. The number of nitrogens with two attached hydrogens (primary N) is 1. The van der Waals surface area contributed by atoms with Gasteiger partial charge in [-0.15, -0.1) is 11.3 Å². The van der Waals surface area contributed by atoms with Crippen molar-refractivity contribution in [3.63, 3.8) is 0 Å². The van der Waals surface area contributed by atoms with Crippen molar-refractivity contribution in [3.05, 3.63) is 16.3 Å². The highest BCUT2D eigenvalue weighted by Gasteiger charge is 2.34. The maximum absolute atomic E-state index is 12.9. The number of hydrogen-bond acceptors (Lipinski definition) is 6. The lowest BCUT2D eigenvalue weighted by Crippen LogP contribution is -2.43. The number of morpholine rings is 1. The summed E-state index contributed by atoms with van der Waals surface area (Å²) in [5.41, 5.74) is 5.95. The van der Waals surface area contributed by atoms with Gasteiger partial charge in [0.1, 0.15) is 9.77 Å². The summed E-state index contributed by atoms with van der Waals surface area (Å²) in [6, 6.07) is 1.66. The zero-order valence-electron chi connectivity index (χ0n) is 14.4. The van der Waals surface area contributed by atoms with E-state index in [9.17, 15) is 13.2 Å². The highest BCUT2D eigenvalue weighted by molar-refractivity contribution is 7.89. The van der Waals surface area contributed by atoms with E-state index in [1.807, 2.05) is 6.92 Å². The third kappa shape index (κ3) is 3.90. The summed E-state index contributed by atoms with van der Waals surface area (Å²) in [5.74, 6) is 0.230. The largest absolute Gasteiger partial charge is 0.379 e. The minimum atomic E-state index is -3.66. The first-order valence-corrected chi connectivity index (χ1v) is 10.9. The van der Waals surface area contributed by atoms with Crippen molar-refractivity contribution in [2.45, 2.75) is 30.7 Å². The molecule has 1 aromatic heterocycles. The Morgan fingerprint density at radius 3 is 2.52 bits per heavy atom. The summed E-state index contributed by atoms with van der Waals surface area (Å²) in [7, 11) is -3.66. The molecular formula is C16H25N3O4S2. The average molecular weight is 388 g/mol. The number of sulfonamides is 1. The van der Waals surface area contributed by atoms with Crippen LogP contribution in [-0.2, 0) is 14.8 Å². The number of nitrogens with zero attached hydrogens (tertiary/aromatic N) is 2. The van der Waals surface area contributed by atoms with Crippen molar-refractivity contribution >= 4 is 27.3 Å². The first kappa shape index (κ1) is 18.8. The summed E-state index contributed by atoms with van der Waals surface area (Å²) in [6.07, 6.45) is 1.72. The minimum Gasteiger partial charge on any atom is -0.379 e. The van der Waals surface area contributed by atoms with Gasteiger partial charge in [0.2, 0.25) is 10.0 Å². The van der Waals surface area contributed by atoms with Gasteiger partial charge in [0.25, 0.3) is 5.91 Å². The molecule has 2 saturated heterocycles. The molecule has 7 nitrogen and oxygen atoms in total. The Balaban J connectivity index is 1.76. The van der Waals surface area contributed by atoms with Gasteiger partial charge in [0.05, 0.1) is 13.2 Å². The van der Waals surface area contributed by atoms with Crippen LogP contribution in [0.4, 0.5) is 0 Å². The van der Waals surface area contributed by atoms with Crippen LogP contribution in [0.25, 0.3) is 0 Å². The molecule has 9 heteroatoms. The maximum Gasteiger partial charge on any atom is 0.265 e. The fraction of sp³-hybridized carbons (Fsp3) is 0.688. The number of carbonyl (C=O) groups is 1. The fourth-order valence-electron chi connectivity index (χ4n) is 3.35. The van der Waals surface area contributed by atoms with Gasteiger partial charge < -0.3 is 15.4 Å². The number of rotatable bonds is 4. The van der Waals surface area contributed by atoms with Crippen LogP contribution in [0.1, 0.15) is 29.4 Å². The van der Waals surface area contributed by atoms with E-state index < -0.39 is 10.0 Å². The van der Waals surface area contributed by atoms with Crippen molar-refractivity contribution in [1.82, 2.24) is 9.21 Å². The molecule has 0 aromatic carbocycles. The Morgan fingerprint density at radius 1 is 1.28 bits per heavy atom. The number of likely N-dealkylation sites (tertiary alicyclic amines) is 1. The summed E-state index contributed by atoms with van der Waals surface area (Å²) >= 11 is 1.20. The second-order valence-corrected chi connectivity index (χ2v) is 9.44. The molecule has 0 bridgehead atoms. The molecule has 1 unspecified atom stereocenters. The van der Waals surface area contributed by atoms with E-state index in [0.29, 0.717) is 50.2 Å². The van der Waals surface area contributed by atoms with Crippen LogP contribution in [-0.4, -0.2) is 69.0 Å². The quantitative estimate of drug-likeness (QED) is 0.831. The molecule has 1 amide bonds. The molecule has 2 aliphatic heterocycles. The van der Waals surface area contributed by atoms with Gasteiger partial charge in [0.15, 0.2) is 0 Å². The van der Waals surface area contributed by atoms with Gasteiger partial charge in [0, 0.05) is 32.2 Å². The van der Waals surface area contributed by atoms with Crippen molar-refractivity contribution < 1.29 is 17.9 Å². The minimum absolute atomic E-state index is 0.122. The van der Waals surface area contributed by atoms with Crippen molar-refractivity contribution in [2.24, 2.45) is 11.7 Å². The van der Waals surface area contributed by atoms with Gasteiger partial charge in [-0.25, -0.2) is 8.42 Å². The van der Waals surface area contributed by atoms with Gasteiger partial charge in [-0.1, -0.05) is 0 Å². The molecule has 0 saturated carbocycles. The number of piperidine rings is 1. The van der Waals surface area contributed by atoms with Gasteiger partial charge >= 0.3 is 0 Å². The molecule has 25 heavy (non-hydrogen) atoms. The van der Waals surface area contributed by atoms with Gasteiger partial charge in [-0.05, 0) is 37.1 Å². The Bertz CT molecular complexity index is 703. The van der Waals surface area contributed by atoms with Crippen LogP contribution in [0.3, 0.4) is 0 Å². The lowest BCUT2D eigenvalue weighted by molar-refractivity contribution is 0.0679. The van der Waals surface area contributed by atoms with Crippen LogP contribution in [0.15, 0.2) is 16.3 Å². The predicted molar refractivity (Wildman–Crippen MR) is 96.2 cm³/mol. The van der Waals surface area contributed by atoms with Gasteiger partial charge in [-0.2, -0.15) is 4.31 Å². The highest BCUT2D eigenvalue weighted by atomic mass is 32.2. The summed E-state index contributed by atoms with van der Waals surface area (Å²) < 4.78 is 32.4. The van der Waals surface area contributed by atoms with E-state index >= 15 is 0 Å². The lowest BCUT2D eigenvalue weighted by Gasteiger charge is -2.33. The molecule has 1 aromatic rings. The number of ether oxygens (including phenoxy) is 1. The van der Waals surface area contributed by atoms with Crippen molar-refractivity contribution in [1.29, 1.82) is 0 Å². The standard InChI is InChI=1S/C16H25N3O4S2/c1-12(17)13-2-5-18(6-3-13)16(20)15-14(4-11-24-15)25(21,22)19-7-9-23-10-8-19/h4,11-13H,2-3,5-10,17H2,1H3. The van der Waals surface area contributed by atoms with E-state index in [1.54, 1.807) is 10.3 Å². The van der Waals surface area contributed by atoms with E-state index in [4.69, 9.17) is 10.5 Å². The Hall–Kier alpha value is -1.00. The Labute approximate surface area is 152 Å². The zero-order valence-corrected chi connectivity index (χ0v) is 16.0. The summed E-state index contributed by atoms with van der Waals surface area (Å²) in [6.45, 7) is 4.67. The highest BCUT2D eigenvalue weighted by Crippen LogP contribution is 2.29. The number of hydrogen-bond donors (Lipinski definition) is 1. The molecule has 0 spiro atoms. The number of carbonyl (C=O) groups excluding carboxylic acids is 1. The van der Waals surface area contributed by atoms with E-state index in [-0.39, 0.29) is 16.8 Å². The van der Waals surface area contributed by atoms with Crippen molar-refractivity contribution in [3.8, 4) is 0 Å². The third-order valence-corrected chi connectivity index (χ3v) is 7.95.